The molecule has 0 aromatic heterocycles. The molecule has 0 unspecified atom stereocenters. The van der Waals surface area contributed by atoms with Gasteiger partial charge in [-0.15, -0.1) is 0 Å². The van der Waals surface area contributed by atoms with E-state index in [0.29, 0.717) is 26.1 Å². The van der Waals surface area contributed by atoms with Crippen LogP contribution in [0.3, 0.4) is 0 Å². The smallest absolute Gasteiger partial charge is 0.410 e. The number of carbonyl (C=O) groups excluding carboxylic acids is 2. The van der Waals surface area contributed by atoms with Crippen molar-refractivity contribution in [3.63, 3.8) is 0 Å². The average Bonchev–Trinajstić information content (AvgIpc) is 2.78. The molecule has 0 atom stereocenters. The van der Waals surface area contributed by atoms with Gasteiger partial charge in [0, 0.05) is 38.3 Å². The van der Waals surface area contributed by atoms with E-state index >= 15 is 0 Å². The van der Waals surface area contributed by atoms with Crippen molar-refractivity contribution in [3.8, 4) is 0 Å². The Morgan fingerprint density at radius 3 is 2.16 bits per heavy atom. The van der Waals surface area contributed by atoms with Gasteiger partial charge in [-0.3, -0.25) is 4.79 Å². The Kier molecular flexibility index (Phi) is 8.14. The molecule has 32 heavy (non-hydrogen) atoms. The van der Waals surface area contributed by atoms with E-state index in [2.05, 4.69) is 29.2 Å². The van der Waals surface area contributed by atoms with Gasteiger partial charge in [-0.05, 0) is 56.9 Å². The number of anilines is 1. The lowest BCUT2D eigenvalue weighted by molar-refractivity contribution is -0.145. The van der Waals surface area contributed by atoms with E-state index in [0.717, 1.165) is 37.2 Å². The van der Waals surface area contributed by atoms with Crippen LogP contribution >= 0.6 is 0 Å². The van der Waals surface area contributed by atoms with Gasteiger partial charge in [0.15, 0.2) is 0 Å². The first-order chi connectivity index (χ1) is 15.3. The zero-order valence-electron chi connectivity index (χ0n) is 19.4. The second kappa shape index (κ2) is 11.0. The first kappa shape index (κ1) is 23.6. The van der Waals surface area contributed by atoms with Gasteiger partial charge in [-0.1, -0.05) is 42.5 Å². The van der Waals surface area contributed by atoms with Gasteiger partial charge in [0.05, 0.1) is 0 Å². The lowest BCUT2D eigenvalue weighted by Gasteiger charge is -2.36. The number of nitrogens with zero attached hydrogens (tertiary/aromatic N) is 2. The van der Waals surface area contributed by atoms with Crippen molar-refractivity contribution in [2.75, 3.05) is 31.1 Å². The fourth-order valence-electron chi connectivity index (χ4n) is 3.59. The van der Waals surface area contributed by atoms with Gasteiger partial charge in [-0.25, -0.2) is 4.79 Å². The highest BCUT2D eigenvalue weighted by Gasteiger charge is 2.25. The number of benzene rings is 2. The van der Waals surface area contributed by atoms with Crippen LogP contribution in [0.25, 0.3) is 0 Å². The Morgan fingerprint density at radius 1 is 0.875 bits per heavy atom. The third-order valence-electron chi connectivity index (χ3n) is 5.32. The van der Waals surface area contributed by atoms with Crippen molar-refractivity contribution in [1.82, 2.24) is 4.90 Å². The van der Waals surface area contributed by atoms with Crippen molar-refractivity contribution in [3.05, 3.63) is 65.7 Å². The Morgan fingerprint density at radius 2 is 1.53 bits per heavy atom. The second-order valence-electron chi connectivity index (χ2n) is 9.12. The van der Waals surface area contributed by atoms with Crippen LogP contribution in [0.1, 0.15) is 44.7 Å². The summed E-state index contributed by atoms with van der Waals surface area (Å²) >= 11 is 0. The molecule has 0 spiro atoms. The summed E-state index contributed by atoms with van der Waals surface area (Å²) < 4.78 is 10.8. The first-order valence-corrected chi connectivity index (χ1v) is 11.3. The SMILES string of the molecule is CC(C)(C)OC(=O)N1CCN(c2ccc(CCCC(=O)OCc3ccccc3)cc2)CC1. The maximum atomic E-state index is 12.2. The minimum atomic E-state index is -0.470. The summed E-state index contributed by atoms with van der Waals surface area (Å²) in [6, 6.07) is 18.2. The third-order valence-corrected chi connectivity index (χ3v) is 5.32. The summed E-state index contributed by atoms with van der Waals surface area (Å²) in [4.78, 5) is 28.2. The summed E-state index contributed by atoms with van der Waals surface area (Å²) in [6.07, 6.45) is 1.78. The summed E-state index contributed by atoms with van der Waals surface area (Å²) in [5.74, 6) is -0.159. The molecule has 6 nitrogen and oxygen atoms in total. The molecule has 1 amide bonds. The van der Waals surface area contributed by atoms with Crippen molar-refractivity contribution in [1.29, 1.82) is 0 Å². The molecule has 1 heterocycles. The summed E-state index contributed by atoms with van der Waals surface area (Å²) in [7, 11) is 0. The van der Waals surface area contributed by atoms with Gasteiger partial charge >= 0.3 is 12.1 Å². The molecule has 2 aromatic carbocycles. The summed E-state index contributed by atoms with van der Waals surface area (Å²) in [6.45, 7) is 8.86. The number of hydrogen-bond donors (Lipinski definition) is 0. The van der Waals surface area contributed by atoms with E-state index in [1.807, 2.05) is 51.1 Å². The number of piperazine rings is 1. The molecule has 1 aliphatic rings. The van der Waals surface area contributed by atoms with Crippen LogP contribution in [0.15, 0.2) is 54.6 Å². The largest absolute Gasteiger partial charge is 0.461 e. The predicted molar refractivity (Wildman–Crippen MR) is 126 cm³/mol. The minimum Gasteiger partial charge on any atom is -0.461 e. The number of hydrogen-bond acceptors (Lipinski definition) is 5. The van der Waals surface area contributed by atoms with Crippen LogP contribution in [0.2, 0.25) is 0 Å². The van der Waals surface area contributed by atoms with Gasteiger partial charge in [-0.2, -0.15) is 0 Å². The van der Waals surface area contributed by atoms with Crippen LogP contribution in [0, 0.1) is 0 Å². The molecular weight excluding hydrogens is 404 g/mol. The minimum absolute atomic E-state index is 0.159. The third kappa shape index (κ3) is 7.59. The monoisotopic (exact) mass is 438 g/mol. The number of aryl methyl sites for hydroxylation is 1. The van der Waals surface area contributed by atoms with Crippen LogP contribution in [-0.4, -0.2) is 48.7 Å². The molecule has 3 rings (SSSR count). The summed E-state index contributed by atoms with van der Waals surface area (Å²) in [5, 5.41) is 0. The quantitative estimate of drug-likeness (QED) is 0.581. The second-order valence-corrected chi connectivity index (χ2v) is 9.12. The van der Waals surface area contributed by atoms with Crippen molar-refractivity contribution < 1.29 is 19.1 Å². The van der Waals surface area contributed by atoms with Gasteiger partial charge in [0.25, 0.3) is 0 Å². The Labute approximate surface area is 191 Å². The van der Waals surface area contributed by atoms with Gasteiger partial charge < -0.3 is 19.3 Å². The average molecular weight is 439 g/mol. The molecule has 1 saturated heterocycles. The number of carbonyl (C=O) groups is 2. The van der Waals surface area contributed by atoms with Crippen LogP contribution in [0.4, 0.5) is 10.5 Å². The molecule has 0 N–H and O–H groups in total. The van der Waals surface area contributed by atoms with Crippen LogP contribution in [-0.2, 0) is 27.3 Å². The normalized spacial score (nSPS) is 14.2. The van der Waals surface area contributed by atoms with E-state index < -0.39 is 5.60 Å². The topological polar surface area (TPSA) is 59.1 Å². The number of amides is 1. The number of rotatable bonds is 7. The standard InChI is InChI=1S/C26H34N2O4/c1-26(2,3)32-25(30)28-18-16-27(17-19-28)23-14-12-21(13-15-23)10-7-11-24(29)31-20-22-8-5-4-6-9-22/h4-6,8-9,12-15H,7,10-11,16-20H2,1-3H3. The first-order valence-electron chi connectivity index (χ1n) is 11.3. The van der Waals surface area contributed by atoms with Crippen molar-refractivity contribution in [2.24, 2.45) is 0 Å². The molecule has 0 aliphatic carbocycles. The zero-order valence-corrected chi connectivity index (χ0v) is 19.4. The lowest BCUT2D eigenvalue weighted by Crippen LogP contribution is -2.50. The maximum absolute atomic E-state index is 12.2. The number of ether oxygens (including phenoxy) is 2. The highest BCUT2D eigenvalue weighted by atomic mass is 16.6. The van der Waals surface area contributed by atoms with E-state index in [9.17, 15) is 9.59 Å². The molecular formula is C26H34N2O4. The molecule has 172 valence electrons. The zero-order chi connectivity index (χ0) is 23.0. The lowest BCUT2D eigenvalue weighted by atomic mass is 10.1. The fraction of sp³-hybridized carbons (Fsp3) is 0.462. The van der Waals surface area contributed by atoms with Crippen molar-refractivity contribution in [2.45, 2.75) is 52.2 Å². The molecule has 0 bridgehead atoms. The molecule has 0 radical (unpaired) electrons. The summed E-state index contributed by atoms with van der Waals surface area (Å²) in [5.41, 5.74) is 2.89. The van der Waals surface area contributed by atoms with E-state index in [4.69, 9.17) is 9.47 Å². The van der Waals surface area contributed by atoms with Crippen molar-refractivity contribution >= 4 is 17.7 Å². The molecule has 6 heteroatoms. The van der Waals surface area contributed by atoms with Gasteiger partial charge in [0.1, 0.15) is 12.2 Å². The molecule has 0 saturated carbocycles. The Hall–Kier alpha value is -3.02. The van der Waals surface area contributed by atoms with Crippen LogP contribution in [0.5, 0.6) is 0 Å². The fourth-order valence-corrected chi connectivity index (χ4v) is 3.59. The van der Waals surface area contributed by atoms with E-state index in [1.165, 1.54) is 5.56 Å². The molecule has 1 fully saturated rings. The highest BCUT2D eigenvalue weighted by Crippen LogP contribution is 2.19. The van der Waals surface area contributed by atoms with Crippen LogP contribution < -0.4 is 4.90 Å². The molecule has 2 aromatic rings. The highest BCUT2D eigenvalue weighted by molar-refractivity contribution is 5.69. The predicted octanol–water partition coefficient (Wildman–Crippen LogP) is 4.81. The number of esters is 1. The van der Waals surface area contributed by atoms with E-state index in [-0.39, 0.29) is 12.1 Å². The Balaban J connectivity index is 1.37. The Bertz CT molecular complexity index is 867. The maximum Gasteiger partial charge on any atom is 0.410 e. The van der Waals surface area contributed by atoms with E-state index in [1.54, 1.807) is 4.90 Å². The molecule has 1 aliphatic heterocycles. The van der Waals surface area contributed by atoms with Gasteiger partial charge in [0.2, 0.25) is 0 Å².